The van der Waals surface area contributed by atoms with Crippen LogP contribution in [0.4, 0.5) is 5.69 Å². The van der Waals surface area contributed by atoms with Crippen molar-refractivity contribution in [2.75, 3.05) is 6.29 Å². The van der Waals surface area contributed by atoms with E-state index in [1.165, 1.54) is 12.1 Å². The molecule has 132 valence electrons. The third kappa shape index (κ3) is 6.74. The van der Waals surface area contributed by atoms with Crippen LogP contribution in [0.15, 0.2) is 44.4 Å². The predicted octanol–water partition coefficient (Wildman–Crippen LogP) is 0.0355. The average Bonchev–Trinajstić information content (AvgIpc) is 2.93. The Balaban J connectivity index is 0.00000312. The molecule has 0 saturated carbocycles. The Bertz CT molecular complexity index is 910. The molecule has 0 saturated heterocycles. The summed E-state index contributed by atoms with van der Waals surface area (Å²) in [5, 5.41) is 10.5. The van der Waals surface area contributed by atoms with Gasteiger partial charge >= 0.3 is 37.2 Å². The quantitative estimate of drug-likeness (QED) is 0.247. The van der Waals surface area contributed by atoms with Crippen molar-refractivity contribution in [2.24, 2.45) is 0 Å². The Morgan fingerprint density at radius 1 is 1.32 bits per heavy atom. The third-order valence-corrected chi connectivity index (χ3v) is 7.35. The van der Waals surface area contributed by atoms with E-state index in [4.69, 9.17) is 4.52 Å². The summed E-state index contributed by atoms with van der Waals surface area (Å²) in [6.07, 6.45) is -0.845. The molecule has 0 aliphatic rings. The number of benzene rings is 1. The van der Waals surface area contributed by atoms with Crippen molar-refractivity contribution in [1.82, 2.24) is 4.72 Å². The molecular weight excluding hydrogens is 470 g/mol. The number of nitro groups is 1. The summed E-state index contributed by atoms with van der Waals surface area (Å²) in [6.45, 7) is 0. The summed E-state index contributed by atoms with van der Waals surface area (Å²) >= 11 is 4.07. The van der Waals surface area contributed by atoms with Crippen LogP contribution < -0.4 is 38.8 Å². The summed E-state index contributed by atoms with van der Waals surface area (Å²) in [5.41, 5.74) is -0.209. The van der Waals surface area contributed by atoms with Gasteiger partial charge in [-0.3, -0.25) is 10.1 Å². The van der Waals surface area contributed by atoms with E-state index in [0.29, 0.717) is 3.79 Å². The van der Waals surface area contributed by atoms with Crippen molar-refractivity contribution < 1.29 is 58.3 Å². The summed E-state index contributed by atoms with van der Waals surface area (Å²) in [5.74, 6) is -0.0931. The number of nitrogens with one attached hydrogen (secondary N) is 1. The molecule has 1 unspecified atom stereocenters. The Labute approximate surface area is 179 Å². The van der Waals surface area contributed by atoms with Crippen molar-refractivity contribution >= 4 is 50.6 Å². The van der Waals surface area contributed by atoms with Gasteiger partial charge in [0.05, 0.1) is 8.71 Å². The average molecular weight is 481 g/mol. The second kappa shape index (κ2) is 9.07. The predicted molar refractivity (Wildman–Crippen MR) is 91.9 cm³/mol. The van der Waals surface area contributed by atoms with E-state index in [2.05, 4.69) is 15.9 Å². The zero-order valence-electron chi connectivity index (χ0n) is 13.7. The van der Waals surface area contributed by atoms with Gasteiger partial charge in [0.15, 0.2) is 0 Å². The molecule has 0 bridgehead atoms. The van der Waals surface area contributed by atoms with E-state index in [-0.39, 0.29) is 46.6 Å². The number of nitrogens with zero attached hydrogens (tertiary/aromatic N) is 1. The van der Waals surface area contributed by atoms with E-state index >= 15 is 0 Å². The topological polar surface area (TPSA) is 136 Å². The first kappa shape index (κ1) is 22.7. The molecule has 0 aliphatic carbocycles. The van der Waals surface area contributed by atoms with Crippen LogP contribution in [0.3, 0.4) is 0 Å². The van der Waals surface area contributed by atoms with E-state index in [9.17, 15) is 28.0 Å². The molecule has 0 aliphatic heterocycles. The molecule has 1 atom stereocenters. The first-order valence-corrected chi connectivity index (χ1v) is 11.0. The van der Waals surface area contributed by atoms with Gasteiger partial charge in [-0.2, -0.15) is 4.72 Å². The molecule has 14 heteroatoms. The second-order valence-electron chi connectivity index (χ2n) is 4.34. The van der Waals surface area contributed by atoms with Crippen LogP contribution in [0.2, 0.25) is 0 Å². The van der Waals surface area contributed by atoms with Crippen molar-refractivity contribution in [3.63, 3.8) is 0 Å². The summed E-state index contributed by atoms with van der Waals surface area (Å²) in [4.78, 5) is 19.6. The Kier molecular flexibility index (Phi) is 8.25. The van der Waals surface area contributed by atoms with Gasteiger partial charge in [0.2, 0.25) is 0 Å². The first-order chi connectivity index (χ1) is 11.1. The molecule has 1 aromatic heterocycles. The fraction of sp³-hybridized carbons (Fsp3) is 0.0909. The monoisotopic (exact) mass is 480 g/mol. The maximum atomic E-state index is 12.0. The number of hydrogen-bond acceptors (Lipinski definition) is 7. The fourth-order valence-electron chi connectivity index (χ4n) is 1.51. The molecule has 1 aromatic carbocycles. The number of sulfonamides is 1. The molecule has 2 rings (SSSR count). The molecule has 0 spiro atoms. The minimum atomic E-state index is -4.33. The zero-order chi connectivity index (χ0) is 18.0. The van der Waals surface area contributed by atoms with Crippen molar-refractivity contribution in [1.29, 1.82) is 0 Å². The van der Waals surface area contributed by atoms with Crippen molar-refractivity contribution in [2.45, 2.75) is 4.21 Å². The Morgan fingerprint density at radius 3 is 2.40 bits per heavy atom. The van der Waals surface area contributed by atoms with E-state index < -0.39 is 28.8 Å². The van der Waals surface area contributed by atoms with Crippen LogP contribution in [0.5, 0.6) is 5.75 Å². The second-order valence-corrected chi connectivity index (χ2v) is 10.6. The van der Waals surface area contributed by atoms with Crippen LogP contribution in [0.25, 0.3) is 0 Å². The van der Waals surface area contributed by atoms with Gasteiger partial charge in [0.25, 0.3) is 15.7 Å². The van der Waals surface area contributed by atoms with Gasteiger partial charge in [-0.1, -0.05) is 0 Å². The van der Waals surface area contributed by atoms with E-state index in [1.807, 2.05) is 4.72 Å². The number of nitro benzene ring substituents is 1. The number of halogens is 1. The maximum Gasteiger partial charge on any atom is 1.00 e. The molecule has 0 radical (unpaired) electrons. The van der Waals surface area contributed by atoms with Gasteiger partial charge < -0.3 is 10.8 Å². The molecule has 2 aromatic rings. The standard InChI is InChI=1S/C11H10BrN2O7PS2.Na.H/c12-10-5-6-11(23-10)24(19,20)13-7-22(17,18)21-9-3-1-8(2-4-9)14(15)16;;/h1-6,13H,7H2,(H,17,18);;/q;+1;-1. The Morgan fingerprint density at radius 2 is 1.92 bits per heavy atom. The van der Waals surface area contributed by atoms with Gasteiger partial charge in [0.1, 0.15) is 16.2 Å². The number of rotatable bonds is 7. The number of thiophene rings is 1. The molecule has 9 nitrogen and oxygen atoms in total. The van der Waals surface area contributed by atoms with E-state index in [0.717, 1.165) is 35.6 Å². The van der Waals surface area contributed by atoms with Gasteiger partial charge in [-0.25, -0.2) is 13.0 Å². The minimum Gasteiger partial charge on any atom is -1.00 e. The molecule has 0 fully saturated rings. The van der Waals surface area contributed by atoms with Gasteiger partial charge in [0, 0.05) is 12.1 Å². The van der Waals surface area contributed by atoms with Crippen LogP contribution >= 0.6 is 34.9 Å². The maximum absolute atomic E-state index is 12.0. The van der Waals surface area contributed by atoms with Crippen LogP contribution in [-0.2, 0) is 14.6 Å². The summed E-state index contributed by atoms with van der Waals surface area (Å²) < 4.78 is 43.3. The number of non-ortho nitro benzene ring substituents is 1. The van der Waals surface area contributed by atoms with Crippen LogP contribution in [0, 0.1) is 10.1 Å². The first-order valence-electron chi connectivity index (χ1n) is 6.10. The Hall–Kier alpha value is -0.300. The molecule has 0 amide bonds. The minimum absolute atomic E-state index is 0. The normalized spacial score (nSPS) is 13.5. The molecule has 2 N–H and O–H groups in total. The van der Waals surface area contributed by atoms with Crippen LogP contribution in [0.1, 0.15) is 1.43 Å². The fourth-order valence-corrected chi connectivity index (χ4v) is 6.07. The SMILES string of the molecule is O=[N+]([O-])c1ccc(OP(=O)(O)CNS(=O)(=O)c2ccc(Br)s2)cc1.[H-].[Na+]. The summed E-state index contributed by atoms with van der Waals surface area (Å²) in [6, 6.07) is 7.37. The van der Waals surface area contributed by atoms with Gasteiger partial charge in [-0.05, 0) is 40.2 Å². The molecule has 1 heterocycles. The smallest absolute Gasteiger partial charge is 1.00 e. The number of hydrogen-bond donors (Lipinski definition) is 2. The largest absolute Gasteiger partial charge is 1.00 e. The molecule has 25 heavy (non-hydrogen) atoms. The zero-order valence-corrected chi connectivity index (χ0v) is 18.8. The van der Waals surface area contributed by atoms with Gasteiger partial charge in [-0.15, -0.1) is 11.3 Å². The van der Waals surface area contributed by atoms with Crippen LogP contribution in [-0.4, -0.2) is 24.5 Å². The van der Waals surface area contributed by atoms with Crippen molar-refractivity contribution in [3.05, 3.63) is 50.3 Å². The molecular formula is C11H11BrN2NaO7PS2. The van der Waals surface area contributed by atoms with E-state index in [1.54, 1.807) is 0 Å². The summed E-state index contributed by atoms with van der Waals surface area (Å²) in [7, 11) is -8.28. The third-order valence-electron chi connectivity index (χ3n) is 2.56. The van der Waals surface area contributed by atoms with Crippen molar-refractivity contribution in [3.8, 4) is 5.75 Å².